The fraction of sp³-hybridized carbons (Fsp3) is 0.500. The fourth-order valence-corrected chi connectivity index (χ4v) is 1.64. The van der Waals surface area contributed by atoms with Crippen LogP contribution in [0.25, 0.3) is 0 Å². The summed E-state index contributed by atoms with van der Waals surface area (Å²) in [5.74, 6) is 1.12. The largest absolute Gasteiger partial charge is 0.320 e. The maximum atomic E-state index is 4.21. The van der Waals surface area contributed by atoms with Crippen molar-refractivity contribution in [2.75, 3.05) is 6.54 Å². The van der Waals surface area contributed by atoms with Crippen LogP contribution in [0, 0.1) is 0 Å². The van der Waals surface area contributed by atoms with E-state index in [9.17, 15) is 0 Å². The summed E-state index contributed by atoms with van der Waals surface area (Å²) in [4.78, 5) is 4.21. The molecular weight excluding hydrogens is 194 g/mol. The van der Waals surface area contributed by atoms with Crippen molar-refractivity contribution >= 4 is 15.9 Å². The minimum absolute atomic E-state index is 0.894. The Labute approximate surface area is 67.6 Å². The van der Waals surface area contributed by atoms with E-state index < -0.39 is 0 Å². The molecule has 0 spiro atoms. The number of hydrogen-bond donors (Lipinski definition) is 1. The molecule has 0 atom stereocenters. The normalized spacial score (nSPS) is 16.9. The van der Waals surface area contributed by atoms with Gasteiger partial charge in [0.25, 0.3) is 0 Å². The summed E-state index contributed by atoms with van der Waals surface area (Å²) in [6.07, 6.45) is 1.85. The van der Waals surface area contributed by atoms with Crippen molar-refractivity contribution in [1.29, 1.82) is 0 Å². The molecule has 0 unspecified atom stereocenters. The molecule has 0 aliphatic carbocycles. The van der Waals surface area contributed by atoms with Crippen LogP contribution in [0.5, 0.6) is 0 Å². The quantitative estimate of drug-likeness (QED) is 0.672. The number of fused-ring (bicyclic) bond motifs is 1. The zero-order chi connectivity index (χ0) is 6.97. The summed E-state index contributed by atoms with van der Waals surface area (Å²) in [5, 5.41) is 3.25. The topological polar surface area (TPSA) is 29.9 Å². The van der Waals surface area contributed by atoms with E-state index in [1.165, 1.54) is 0 Å². The summed E-state index contributed by atoms with van der Waals surface area (Å²) < 4.78 is 3.26. The second kappa shape index (κ2) is 2.36. The Hall–Kier alpha value is -0.350. The molecule has 10 heavy (non-hydrogen) atoms. The Morgan fingerprint density at radius 2 is 2.60 bits per heavy atom. The lowest BCUT2D eigenvalue weighted by Crippen LogP contribution is -2.28. The van der Waals surface area contributed by atoms with E-state index >= 15 is 0 Å². The van der Waals surface area contributed by atoms with Crippen molar-refractivity contribution in [2.45, 2.75) is 13.1 Å². The zero-order valence-corrected chi connectivity index (χ0v) is 7.06. The third-order valence-electron chi connectivity index (χ3n) is 1.68. The van der Waals surface area contributed by atoms with Crippen LogP contribution in [-0.4, -0.2) is 16.1 Å². The first-order chi connectivity index (χ1) is 4.88. The lowest BCUT2D eigenvalue weighted by Gasteiger charge is -2.15. The molecule has 1 N–H and O–H groups in total. The first kappa shape index (κ1) is 6.37. The second-order valence-corrected chi connectivity index (χ2v) is 3.14. The molecule has 1 aromatic heterocycles. The van der Waals surface area contributed by atoms with Crippen molar-refractivity contribution in [3.05, 3.63) is 16.6 Å². The standard InChI is InChI=1S/C6H8BrN3/c7-5-3-9-6-4-8-1-2-10(5)6/h3,8H,1-2,4H2. The number of rotatable bonds is 0. The molecule has 54 valence electrons. The van der Waals surface area contributed by atoms with E-state index in [0.717, 1.165) is 30.1 Å². The first-order valence-corrected chi connectivity index (χ1v) is 4.08. The number of halogens is 1. The molecule has 0 aromatic carbocycles. The molecule has 0 amide bonds. The molecule has 0 saturated heterocycles. The van der Waals surface area contributed by atoms with Crippen LogP contribution in [-0.2, 0) is 13.1 Å². The SMILES string of the molecule is Brc1cnc2n1CCNC2. The van der Waals surface area contributed by atoms with Crippen LogP contribution in [0.1, 0.15) is 5.82 Å². The van der Waals surface area contributed by atoms with E-state index in [1.807, 2.05) is 6.20 Å². The molecule has 0 bridgehead atoms. The van der Waals surface area contributed by atoms with Crippen LogP contribution in [0.4, 0.5) is 0 Å². The van der Waals surface area contributed by atoms with Crippen molar-refractivity contribution < 1.29 is 0 Å². The smallest absolute Gasteiger partial charge is 0.123 e. The van der Waals surface area contributed by atoms with E-state index in [4.69, 9.17) is 0 Å². The predicted octanol–water partition coefficient (Wildman–Crippen LogP) is 0.749. The highest BCUT2D eigenvalue weighted by Crippen LogP contribution is 2.13. The third kappa shape index (κ3) is 0.876. The highest BCUT2D eigenvalue weighted by molar-refractivity contribution is 9.10. The van der Waals surface area contributed by atoms with Gasteiger partial charge in [0, 0.05) is 13.1 Å². The summed E-state index contributed by atoms with van der Waals surface area (Å²) in [6.45, 7) is 2.96. The van der Waals surface area contributed by atoms with E-state index in [1.54, 1.807) is 0 Å². The Morgan fingerprint density at radius 3 is 3.40 bits per heavy atom. The average Bonchev–Trinajstić information content (AvgIpc) is 2.34. The van der Waals surface area contributed by atoms with Gasteiger partial charge in [-0.2, -0.15) is 0 Å². The maximum absolute atomic E-state index is 4.21. The van der Waals surface area contributed by atoms with Crippen LogP contribution >= 0.6 is 15.9 Å². The van der Waals surface area contributed by atoms with Crippen LogP contribution in [0.3, 0.4) is 0 Å². The minimum atomic E-state index is 0.894. The predicted molar refractivity (Wildman–Crippen MR) is 41.6 cm³/mol. The highest BCUT2D eigenvalue weighted by Gasteiger charge is 2.10. The van der Waals surface area contributed by atoms with E-state index in [2.05, 4.69) is 30.8 Å². The molecule has 1 aromatic rings. The minimum Gasteiger partial charge on any atom is -0.320 e. The molecular formula is C6H8BrN3. The first-order valence-electron chi connectivity index (χ1n) is 3.28. The van der Waals surface area contributed by atoms with Gasteiger partial charge in [-0.05, 0) is 15.9 Å². The summed E-state index contributed by atoms with van der Waals surface area (Å²) in [6, 6.07) is 0. The number of nitrogens with one attached hydrogen (secondary N) is 1. The number of nitrogens with zero attached hydrogens (tertiary/aromatic N) is 2. The molecule has 0 fully saturated rings. The Kier molecular flexibility index (Phi) is 1.50. The van der Waals surface area contributed by atoms with E-state index in [0.29, 0.717) is 0 Å². The number of aromatic nitrogens is 2. The summed E-state index contributed by atoms with van der Waals surface area (Å²) >= 11 is 3.42. The fourth-order valence-electron chi connectivity index (χ4n) is 1.16. The molecule has 1 aliphatic rings. The van der Waals surface area contributed by atoms with Gasteiger partial charge in [0.1, 0.15) is 10.4 Å². The van der Waals surface area contributed by atoms with Gasteiger partial charge in [0.05, 0.1) is 12.7 Å². The Bertz CT molecular complexity index is 243. The van der Waals surface area contributed by atoms with Crippen LogP contribution in [0.15, 0.2) is 10.8 Å². The summed E-state index contributed by atoms with van der Waals surface area (Å²) in [5.41, 5.74) is 0. The Morgan fingerprint density at radius 1 is 1.70 bits per heavy atom. The van der Waals surface area contributed by atoms with Gasteiger partial charge in [0.15, 0.2) is 0 Å². The van der Waals surface area contributed by atoms with Gasteiger partial charge in [-0.3, -0.25) is 0 Å². The maximum Gasteiger partial charge on any atom is 0.123 e. The zero-order valence-electron chi connectivity index (χ0n) is 5.47. The van der Waals surface area contributed by atoms with E-state index in [-0.39, 0.29) is 0 Å². The van der Waals surface area contributed by atoms with Gasteiger partial charge in [-0.15, -0.1) is 0 Å². The van der Waals surface area contributed by atoms with Crippen molar-refractivity contribution in [2.24, 2.45) is 0 Å². The van der Waals surface area contributed by atoms with Gasteiger partial charge in [0.2, 0.25) is 0 Å². The van der Waals surface area contributed by atoms with Crippen molar-refractivity contribution in [3.8, 4) is 0 Å². The van der Waals surface area contributed by atoms with Crippen LogP contribution < -0.4 is 5.32 Å². The molecule has 4 heteroatoms. The molecule has 3 nitrogen and oxygen atoms in total. The highest BCUT2D eigenvalue weighted by atomic mass is 79.9. The summed E-state index contributed by atoms with van der Waals surface area (Å²) in [7, 11) is 0. The molecule has 0 radical (unpaired) electrons. The molecule has 1 aliphatic heterocycles. The molecule has 2 rings (SSSR count). The third-order valence-corrected chi connectivity index (χ3v) is 2.32. The van der Waals surface area contributed by atoms with Gasteiger partial charge in [-0.25, -0.2) is 4.98 Å². The molecule has 2 heterocycles. The monoisotopic (exact) mass is 201 g/mol. The van der Waals surface area contributed by atoms with Gasteiger partial charge in [-0.1, -0.05) is 0 Å². The molecule has 0 saturated carbocycles. The average molecular weight is 202 g/mol. The lowest BCUT2D eigenvalue weighted by atomic mass is 10.4. The lowest BCUT2D eigenvalue weighted by molar-refractivity contribution is 0.500. The van der Waals surface area contributed by atoms with Crippen molar-refractivity contribution in [3.63, 3.8) is 0 Å². The van der Waals surface area contributed by atoms with Crippen molar-refractivity contribution in [1.82, 2.24) is 14.9 Å². The second-order valence-electron chi connectivity index (χ2n) is 2.33. The van der Waals surface area contributed by atoms with Crippen LogP contribution in [0.2, 0.25) is 0 Å². The Balaban J connectivity index is 2.45. The van der Waals surface area contributed by atoms with Gasteiger partial charge < -0.3 is 9.88 Å². The number of imidazole rings is 1. The number of hydrogen-bond acceptors (Lipinski definition) is 2. The van der Waals surface area contributed by atoms with Gasteiger partial charge >= 0.3 is 0 Å².